The molecule has 0 aliphatic rings. The summed E-state index contributed by atoms with van der Waals surface area (Å²) in [7, 11) is -5.50. The highest BCUT2D eigenvalue weighted by Crippen LogP contribution is 2.33. The van der Waals surface area contributed by atoms with E-state index in [1.54, 1.807) is 6.92 Å². The van der Waals surface area contributed by atoms with Gasteiger partial charge in [0.25, 0.3) is 5.97 Å². The van der Waals surface area contributed by atoms with Gasteiger partial charge in [0.2, 0.25) is 0 Å². The summed E-state index contributed by atoms with van der Waals surface area (Å²) in [6.07, 6.45) is 0.587. The molecule has 0 fully saturated rings. The quantitative estimate of drug-likeness (QED) is 0.281. The molecule has 0 atom stereocenters. The van der Waals surface area contributed by atoms with Crippen molar-refractivity contribution in [2.24, 2.45) is 0 Å². The van der Waals surface area contributed by atoms with Crippen molar-refractivity contribution in [1.29, 1.82) is 0 Å². The maximum Gasteiger partial charge on any atom is 0.254 e. The van der Waals surface area contributed by atoms with E-state index in [0.29, 0.717) is 18.0 Å². The van der Waals surface area contributed by atoms with Crippen LogP contribution in [0.1, 0.15) is 13.3 Å². The summed E-state index contributed by atoms with van der Waals surface area (Å²) in [5.41, 5.74) is 0.613. The molecule has 140 valence electrons. The van der Waals surface area contributed by atoms with Crippen LogP contribution in [0.5, 0.6) is 0 Å². The van der Waals surface area contributed by atoms with Gasteiger partial charge >= 0.3 is 0 Å². The smallest absolute Gasteiger partial charge is 0.254 e. The summed E-state index contributed by atoms with van der Waals surface area (Å²) in [5.74, 6) is -1.01. The van der Waals surface area contributed by atoms with Gasteiger partial charge in [0.15, 0.2) is 25.0 Å². The van der Waals surface area contributed by atoms with Crippen LogP contribution >= 0.6 is 0 Å². The Kier molecular flexibility index (Phi) is 8.75. The summed E-state index contributed by atoms with van der Waals surface area (Å²) < 4.78 is 19.4. The number of hydrogen-bond acceptors (Lipinski definition) is 4. The van der Waals surface area contributed by atoms with Gasteiger partial charge in [-0.2, -0.15) is 0 Å². The third-order valence-corrected chi connectivity index (χ3v) is 6.51. The Labute approximate surface area is 154 Å². The normalized spacial score (nSPS) is 13.9. The lowest BCUT2D eigenvalue weighted by Crippen LogP contribution is -2.56. The van der Waals surface area contributed by atoms with Crippen LogP contribution in [0, 0.1) is 0 Å². The van der Waals surface area contributed by atoms with E-state index < -0.39 is 30.9 Å². The average molecular weight is 405 g/mol. The Balaban J connectivity index is 5.46. The molecule has 0 aromatic carbocycles. The van der Waals surface area contributed by atoms with Crippen LogP contribution in [0.4, 0.5) is 0 Å². The first-order chi connectivity index (χ1) is 10.4. The van der Waals surface area contributed by atoms with E-state index in [2.05, 4.69) is 65.5 Å². The Morgan fingerprint density at radius 3 is 1.46 bits per heavy atom. The minimum Gasteiger partial charge on any atom is -0.371 e. The molecule has 0 aromatic heterocycles. The first-order valence-corrected chi connectivity index (χ1v) is 19.9. The predicted octanol–water partition coefficient (Wildman–Crippen LogP) is 4.81. The largest absolute Gasteiger partial charge is 0.371 e. The van der Waals surface area contributed by atoms with Gasteiger partial charge in [0.05, 0.1) is 0 Å². The van der Waals surface area contributed by atoms with Crippen molar-refractivity contribution in [3.8, 4) is 0 Å². The molecule has 0 aliphatic heterocycles. The molecule has 0 saturated heterocycles. The van der Waals surface area contributed by atoms with Gasteiger partial charge in [-0.25, -0.2) is 0 Å². The van der Waals surface area contributed by atoms with Crippen molar-refractivity contribution >= 4 is 39.9 Å². The molecule has 0 saturated carbocycles. The van der Waals surface area contributed by atoms with Crippen molar-refractivity contribution in [2.75, 3.05) is 0 Å². The third-order valence-electron chi connectivity index (χ3n) is 2.49. The number of carbonyl (C=O) groups excluding carboxylic acids is 1. The van der Waals surface area contributed by atoms with E-state index in [4.69, 9.17) is 13.3 Å². The number of carbonyl (C=O) groups is 1. The average Bonchev–Trinajstić information content (AvgIpc) is 2.20. The van der Waals surface area contributed by atoms with Gasteiger partial charge in [-0.1, -0.05) is 6.58 Å². The monoisotopic (exact) mass is 404 g/mol. The van der Waals surface area contributed by atoms with Crippen LogP contribution < -0.4 is 0 Å². The zero-order valence-corrected chi connectivity index (χ0v) is 21.3. The molecule has 2 radical (unpaired) electrons. The lowest BCUT2D eigenvalue weighted by Gasteiger charge is -2.45. The molecule has 0 unspecified atom stereocenters. The van der Waals surface area contributed by atoms with E-state index in [1.165, 1.54) is 0 Å². The fourth-order valence-electron chi connectivity index (χ4n) is 2.10. The lowest BCUT2D eigenvalue weighted by molar-refractivity contribution is -0.271. The molecule has 0 aliphatic carbocycles. The zero-order chi connectivity index (χ0) is 19.4. The molecular weight excluding hydrogens is 369 g/mol. The minimum absolute atomic E-state index is 0.123. The molecule has 4 nitrogen and oxygen atoms in total. The summed E-state index contributed by atoms with van der Waals surface area (Å²) in [5, 5.41) is 0.123. The Hall–Kier alpha value is 0.158. The summed E-state index contributed by atoms with van der Waals surface area (Å²) >= 11 is 0. The minimum atomic E-state index is -1.90. The van der Waals surface area contributed by atoms with Crippen molar-refractivity contribution in [1.82, 2.24) is 0 Å². The van der Waals surface area contributed by atoms with Crippen molar-refractivity contribution in [2.45, 2.75) is 84.3 Å². The number of allylic oxidation sites excluding steroid dienone is 1. The second kappa shape index (κ2) is 8.70. The van der Waals surface area contributed by atoms with Crippen LogP contribution in [0.3, 0.4) is 0 Å². The predicted molar refractivity (Wildman–Crippen MR) is 111 cm³/mol. The Morgan fingerprint density at radius 2 is 1.21 bits per heavy atom. The van der Waals surface area contributed by atoms with Crippen molar-refractivity contribution in [3.05, 3.63) is 12.2 Å². The van der Waals surface area contributed by atoms with Crippen LogP contribution in [-0.2, 0) is 18.1 Å². The maximum absolute atomic E-state index is 11.9. The lowest BCUT2D eigenvalue weighted by atomic mass is 10.4. The van der Waals surface area contributed by atoms with Crippen LogP contribution in [-0.4, -0.2) is 45.9 Å². The molecule has 0 amide bonds. The molecule has 0 bridgehead atoms. The molecule has 0 N–H and O–H groups in total. The molecule has 0 heterocycles. The first-order valence-electron chi connectivity index (χ1n) is 8.49. The van der Waals surface area contributed by atoms with Gasteiger partial charge < -0.3 is 18.1 Å². The third kappa shape index (κ3) is 11.7. The molecule has 8 heteroatoms. The highest BCUT2D eigenvalue weighted by molar-refractivity contribution is 6.77. The summed E-state index contributed by atoms with van der Waals surface area (Å²) in [6, 6.07) is 0.700. The van der Waals surface area contributed by atoms with Gasteiger partial charge in [0, 0.05) is 6.42 Å². The van der Waals surface area contributed by atoms with E-state index in [0.717, 1.165) is 0 Å². The second-order valence-electron chi connectivity index (χ2n) is 9.11. The van der Waals surface area contributed by atoms with E-state index >= 15 is 0 Å². The first kappa shape index (κ1) is 24.2. The molecule has 0 aromatic rings. The zero-order valence-electron chi connectivity index (χ0n) is 17.3. The van der Waals surface area contributed by atoms with Gasteiger partial charge in [-0.3, -0.25) is 0 Å². The van der Waals surface area contributed by atoms with Gasteiger partial charge in [-0.15, -0.1) is 0 Å². The Bertz CT molecular complexity index is 404. The topological polar surface area (TPSA) is 44.8 Å². The fraction of sp³-hybridized carbons (Fsp3) is 0.812. The van der Waals surface area contributed by atoms with Crippen LogP contribution in [0.15, 0.2) is 12.2 Å². The van der Waals surface area contributed by atoms with Gasteiger partial charge in [-0.05, 0) is 77.5 Å². The fourth-order valence-corrected chi connectivity index (χ4v) is 6.66. The highest BCUT2D eigenvalue weighted by Gasteiger charge is 2.44. The van der Waals surface area contributed by atoms with E-state index in [1.807, 2.05) is 0 Å². The molecule has 0 spiro atoms. The van der Waals surface area contributed by atoms with Crippen molar-refractivity contribution < 1.29 is 18.1 Å². The molecule has 0 rings (SSSR count). The second-order valence-corrected chi connectivity index (χ2v) is 23.7. The Morgan fingerprint density at radius 1 is 0.875 bits per heavy atom. The summed E-state index contributed by atoms with van der Waals surface area (Å²) in [4.78, 5) is 11.9. The summed E-state index contributed by atoms with van der Waals surface area (Å²) in [6.45, 7) is 24.8. The number of hydrogen-bond donors (Lipinski definition) is 0. The van der Waals surface area contributed by atoms with Gasteiger partial charge in [0.1, 0.15) is 14.9 Å². The maximum atomic E-state index is 11.9. The van der Waals surface area contributed by atoms with Crippen molar-refractivity contribution in [3.63, 3.8) is 0 Å². The van der Waals surface area contributed by atoms with E-state index in [9.17, 15) is 4.79 Å². The molecular formula is C16H36O4Si4. The number of rotatable bonds is 11. The van der Waals surface area contributed by atoms with E-state index in [-0.39, 0.29) is 14.9 Å². The van der Waals surface area contributed by atoms with Crippen LogP contribution in [0.2, 0.25) is 65.0 Å². The SMILES string of the molecule is C=C(C)C(=O)[Si]CCC(O[Si](C)(C)C)(O[Si](C)(C)C)O[Si](C)(C)C. The molecule has 24 heavy (non-hydrogen) atoms. The highest BCUT2D eigenvalue weighted by atomic mass is 28.4. The van der Waals surface area contributed by atoms with Crippen LogP contribution in [0.25, 0.3) is 0 Å². The standard InChI is InChI=1S/C16H36O4Si4/c1-14(2)15(17)21-13-12-16(18-22(3,4)5,19-23(6,7)8)20-24(9,10)11/h1,12-13H2,2-11H3.